The van der Waals surface area contributed by atoms with Crippen LogP contribution in [0.2, 0.25) is 0 Å². The molecule has 12 heteroatoms. The molecule has 0 aliphatic carbocycles. The molecule has 0 aliphatic rings. The van der Waals surface area contributed by atoms with Gasteiger partial charge in [-0.25, -0.2) is 0 Å². The summed E-state index contributed by atoms with van der Waals surface area (Å²) in [6, 6.07) is 10.4. The zero-order chi connectivity index (χ0) is 26.1. The number of phenolic OH excluding ortho intramolecular Hbond substituents is 1. The Bertz CT molecular complexity index is 1080. The van der Waals surface area contributed by atoms with Crippen LogP contribution in [0.1, 0.15) is 27.0 Å². The molecule has 5 N–H and O–H groups in total. The van der Waals surface area contributed by atoms with E-state index in [4.69, 9.17) is 20.4 Å². The molecular weight excluding hydrogens is 464 g/mol. The molecular formula is C23H24N2O10. The van der Waals surface area contributed by atoms with Crippen molar-refractivity contribution in [1.29, 1.82) is 0 Å². The molecule has 0 unspecified atom stereocenters. The number of hydrogen-bond acceptors (Lipinski definition) is 8. The van der Waals surface area contributed by atoms with Crippen molar-refractivity contribution < 1.29 is 49.5 Å². The molecule has 12 nitrogen and oxygen atoms in total. The predicted octanol–water partition coefficient (Wildman–Crippen LogP) is 0.566. The van der Waals surface area contributed by atoms with Crippen molar-refractivity contribution in [2.75, 3.05) is 26.2 Å². The van der Waals surface area contributed by atoms with Gasteiger partial charge in [0, 0.05) is 29.8 Å². The Labute approximate surface area is 199 Å². The van der Waals surface area contributed by atoms with Crippen LogP contribution in [0.15, 0.2) is 42.5 Å². The maximum atomic E-state index is 13.3. The van der Waals surface area contributed by atoms with E-state index in [1.807, 2.05) is 0 Å². The van der Waals surface area contributed by atoms with Crippen molar-refractivity contribution >= 4 is 29.7 Å². The van der Waals surface area contributed by atoms with Gasteiger partial charge >= 0.3 is 23.9 Å². The summed E-state index contributed by atoms with van der Waals surface area (Å²) in [6.45, 7) is -3.17. The number of aliphatic carboxylic acids is 4. The van der Waals surface area contributed by atoms with Crippen molar-refractivity contribution in [3.05, 3.63) is 64.7 Å². The number of carboxylic acid groups (broad SMARTS) is 4. The average molecular weight is 488 g/mol. The van der Waals surface area contributed by atoms with E-state index in [-0.39, 0.29) is 35.3 Å². The number of rotatable bonds is 14. The van der Waals surface area contributed by atoms with E-state index >= 15 is 0 Å². The average Bonchev–Trinajstić information content (AvgIpc) is 2.73. The number of carbonyl (C=O) groups is 5. The normalized spacial score (nSPS) is 10.9. The Hall–Kier alpha value is -4.29. The SMILES string of the molecule is O=C(O)CN(CC(=O)O)Cc1cc(C(=O)c2ccccc2)c(CN(CC(=O)O)CC(=O)O)cc1O. The van der Waals surface area contributed by atoms with Crippen LogP contribution < -0.4 is 0 Å². The van der Waals surface area contributed by atoms with Gasteiger partial charge in [0.15, 0.2) is 5.78 Å². The van der Waals surface area contributed by atoms with Crippen LogP contribution in [0.3, 0.4) is 0 Å². The van der Waals surface area contributed by atoms with Crippen molar-refractivity contribution in [3.8, 4) is 5.75 Å². The lowest BCUT2D eigenvalue weighted by Crippen LogP contribution is -2.35. The first-order valence-corrected chi connectivity index (χ1v) is 10.2. The summed E-state index contributed by atoms with van der Waals surface area (Å²) < 4.78 is 0. The number of benzene rings is 2. The minimum atomic E-state index is -1.29. The molecule has 0 aliphatic heterocycles. The Morgan fingerprint density at radius 1 is 0.629 bits per heavy atom. The number of ketones is 1. The van der Waals surface area contributed by atoms with Crippen LogP contribution in [0.5, 0.6) is 5.75 Å². The molecule has 0 amide bonds. The van der Waals surface area contributed by atoms with Gasteiger partial charge in [-0.1, -0.05) is 30.3 Å². The van der Waals surface area contributed by atoms with Gasteiger partial charge in [0.25, 0.3) is 0 Å². The van der Waals surface area contributed by atoms with Crippen LogP contribution in [-0.4, -0.2) is 91.2 Å². The molecule has 2 aromatic rings. The van der Waals surface area contributed by atoms with Crippen LogP contribution in [-0.2, 0) is 32.3 Å². The van der Waals surface area contributed by atoms with E-state index in [1.165, 1.54) is 24.3 Å². The topological polar surface area (TPSA) is 193 Å². The summed E-state index contributed by atoms with van der Waals surface area (Å²) in [4.78, 5) is 60.0. The first-order chi connectivity index (χ1) is 16.5. The molecule has 35 heavy (non-hydrogen) atoms. The Morgan fingerprint density at radius 3 is 1.49 bits per heavy atom. The van der Waals surface area contributed by atoms with Crippen molar-refractivity contribution in [2.45, 2.75) is 13.1 Å². The molecule has 186 valence electrons. The van der Waals surface area contributed by atoms with Gasteiger partial charge in [0.2, 0.25) is 0 Å². The highest BCUT2D eigenvalue weighted by atomic mass is 16.4. The quantitative estimate of drug-likeness (QED) is 0.232. The summed E-state index contributed by atoms with van der Waals surface area (Å²) in [5, 5.41) is 47.0. The third kappa shape index (κ3) is 8.53. The smallest absolute Gasteiger partial charge is 0.317 e. The molecule has 0 saturated heterocycles. The molecule has 0 fully saturated rings. The van der Waals surface area contributed by atoms with E-state index in [9.17, 15) is 29.1 Å². The fourth-order valence-corrected chi connectivity index (χ4v) is 3.47. The van der Waals surface area contributed by atoms with E-state index in [0.717, 1.165) is 9.80 Å². The maximum absolute atomic E-state index is 13.3. The summed E-state index contributed by atoms with van der Waals surface area (Å²) >= 11 is 0. The third-order valence-electron chi connectivity index (χ3n) is 4.81. The summed E-state index contributed by atoms with van der Waals surface area (Å²) in [5.74, 6) is -6.06. The van der Waals surface area contributed by atoms with Crippen molar-refractivity contribution in [1.82, 2.24) is 9.80 Å². The zero-order valence-corrected chi connectivity index (χ0v) is 18.5. The van der Waals surface area contributed by atoms with Gasteiger partial charge in [0.05, 0.1) is 26.2 Å². The highest BCUT2D eigenvalue weighted by Gasteiger charge is 2.23. The number of nitrogens with zero attached hydrogens (tertiary/aromatic N) is 2. The van der Waals surface area contributed by atoms with Gasteiger partial charge in [-0.3, -0.25) is 33.8 Å². The van der Waals surface area contributed by atoms with Crippen LogP contribution in [0.25, 0.3) is 0 Å². The third-order valence-corrected chi connectivity index (χ3v) is 4.81. The molecule has 2 aromatic carbocycles. The summed E-state index contributed by atoms with van der Waals surface area (Å²) in [7, 11) is 0. The fourth-order valence-electron chi connectivity index (χ4n) is 3.47. The van der Waals surface area contributed by atoms with Crippen LogP contribution in [0.4, 0.5) is 0 Å². The van der Waals surface area contributed by atoms with Crippen molar-refractivity contribution in [2.24, 2.45) is 0 Å². The van der Waals surface area contributed by atoms with Gasteiger partial charge < -0.3 is 25.5 Å². The predicted molar refractivity (Wildman–Crippen MR) is 119 cm³/mol. The lowest BCUT2D eigenvalue weighted by molar-refractivity contribution is -0.144. The molecule has 0 bridgehead atoms. The first-order valence-electron chi connectivity index (χ1n) is 10.2. The first kappa shape index (κ1) is 27.0. The minimum Gasteiger partial charge on any atom is -0.508 e. The van der Waals surface area contributed by atoms with E-state index in [0.29, 0.717) is 0 Å². The molecule has 0 spiro atoms. The van der Waals surface area contributed by atoms with Gasteiger partial charge in [0.1, 0.15) is 5.75 Å². The molecule has 0 saturated carbocycles. The second-order valence-electron chi connectivity index (χ2n) is 7.70. The van der Waals surface area contributed by atoms with E-state index < -0.39 is 61.6 Å². The van der Waals surface area contributed by atoms with Crippen LogP contribution in [0, 0.1) is 0 Å². The van der Waals surface area contributed by atoms with E-state index in [2.05, 4.69) is 0 Å². The summed E-state index contributed by atoms with van der Waals surface area (Å²) in [6.07, 6.45) is 0. The molecule has 0 heterocycles. The molecule has 0 aromatic heterocycles. The number of phenols is 1. The lowest BCUT2D eigenvalue weighted by Gasteiger charge is -2.23. The second kappa shape index (κ2) is 12.3. The minimum absolute atomic E-state index is 0.0235. The highest BCUT2D eigenvalue weighted by Crippen LogP contribution is 2.27. The van der Waals surface area contributed by atoms with Gasteiger partial charge in [-0.2, -0.15) is 0 Å². The Kier molecular flexibility index (Phi) is 9.44. The zero-order valence-electron chi connectivity index (χ0n) is 18.5. The largest absolute Gasteiger partial charge is 0.508 e. The van der Waals surface area contributed by atoms with Crippen molar-refractivity contribution in [3.63, 3.8) is 0 Å². The van der Waals surface area contributed by atoms with E-state index in [1.54, 1.807) is 18.2 Å². The number of aromatic hydroxyl groups is 1. The fraction of sp³-hybridized carbons (Fsp3) is 0.261. The maximum Gasteiger partial charge on any atom is 0.317 e. The van der Waals surface area contributed by atoms with Gasteiger partial charge in [-0.05, 0) is 17.7 Å². The van der Waals surface area contributed by atoms with Gasteiger partial charge in [-0.15, -0.1) is 0 Å². The number of carbonyl (C=O) groups excluding carboxylic acids is 1. The standard InChI is InChI=1S/C23H24N2O10/c26-18-7-15(8-24(10-19(27)28)11-20(29)30)17(23(35)14-4-2-1-3-5-14)6-16(18)9-25(12-21(31)32)13-22(33)34/h1-7,26H,8-13H2,(H,27,28)(H,29,30)(H,31,32)(H,33,34). The second-order valence-corrected chi connectivity index (χ2v) is 7.70. The Morgan fingerprint density at radius 2 is 1.06 bits per heavy atom. The lowest BCUT2D eigenvalue weighted by atomic mass is 9.95. The molecule has 0 atom stereocenters. The molecule has 0 radical (unpaired) electrons. The monoisotopic (exact) mass is 488 g/mol. The number of carboxylic acids is 4. The molecule has 2 rings (SSSR count). The summed E-state index contributed by atoms with van der Waals surface area (Å²) in [5.41, 5.74) is 0.501. The highest BCUT2D eigenvalue weighted by molar-refractivity contribution is 6.10. The Balaban J connectivity index is 2.54. The van der Waals surface area contributed by atoms with Crippen LogP contribution >= 0.6 is 0 Å². The number of hydrogen-bond donors (Lipinski definition) is 5.